The number of benzene rings is 1. The van der Waals surface area contributed by atoms with Crippen molar-refractivity contribution in [3.8, 4) is 0 Å². The second kappa shape index (κ2) is 8.31. The van der Waals surface area contributed by atoms with Crippen molar-refractivity contribution in [1.29, 1.82) is 0 Å². The molecule has 1 aromatic carbocycles. The summed E-state index contributed by atoms with van der Waals surface area (Å²) < 4.78 is 13.6. The summed E-state index contributed by atoms with van der Waals surface area (Å²) in [5.74, 6) is -0.220. The molecule has 0 aliphatic carbocycles. The van der Waals surface area contributed by atoms with Crippen molar-refractivity contribution < 1.29 is 14.0 Å². The number of amides is 2. The number of halogens is 1. The van der Waals surface area contributed by atoms with Crippen LogP contribution in [0.3, 0.4) is 0 Å². The van der Waals surface area contributed by atoms with Gasteiger partial charge in [-0.3, -0.25) is 14.6 Å². The summed E-state index contributed by atoms with van der Waals surface area (Å²) in [6.45, 7) is 2.07. The third-order valence-electron chi connectivity index (χ3n) is 4.20. The normalized spacial score (nSPS) is 19.4. The first-order valence-electron chi connectivity index (χ1n) is 8.46. The minimum absolute atomic E-state index is 0.123. The molecule has 0 radical (unpaired) electrons. The lowest BCUT2D eigenvalue weighted by atomic mass is 10.1. The standard InChI is InChI=1S/C19H20FN3O2S/c1-2-17(24)23-16(18(25)22-11-15-8-3-4-9-21-15)12-26-19(23)13-6-5-7-14(20)10-13/h3-10,16,19H,2,11-12H2,1H3,(H,22,25). The predicted octanol–water partition coefficient (Wildman–Crippen LogP) is 2.89. The maximum Gasteiger partial charge on any atom is 0.244 e. The summed E-state index contributed by atoms with van der Waals surface area (Å²) in [6, 6.07) is 11.1. The highest BCUT2D eigenvalue weighted by Gasteiger charge is 2.41. The molecule has 0 bridgehead atoms. The quantitative estimate of drug-likeness (QED) is 0.875. The molecule has 1 saturated heterocycles. The van der Waals surface area contributed by atoms with Gasteiger partial charge in [-0.1, -0.05) is 25.1 Å². The number of hydrogen-bond donors (Lipinski definition) is 1. The van der Waals surface area contributed by atoms with Crippen molar-refractivity contribution in [2.75, 3.05) is 5.75 Å². The Morgan fingerprint density at radius 3 is 2.85 bits per heavy atom. The van der Waals surface area contributed by atoms with Gasteiger partial charge >= 0.3 is 0 Å². The Morgan fingerprint density at radius 2 is 2.15 bits per heavy atom. The Labute approximate surface area is 156 Å². The summed E-state index contributed by atoms with van der Waals surface area (Å²) in [5.41, 5.74) is 1.44. The summed E-state index contributed by atoms with van der Waals surface area (Å²) >= 11 is 1.48. The fourth-order valence-corrected chi connectivity index (χ4v) is 4.35. The van der Waals surface area contributed by atoms with E-state index in [2.05, 4.69) is 10.3 Å². The molecule has 1 fully saturated rings. The number of hydrogen-bond acceptors (Lipinski definition) is 4. The first-order valence-corrected chi connectivity index (χ1v) is 9.51. The van der Waals surface area contributed by atoms with Crippen molar-refractivity contribution in [1.82, 2.24) is 15.2 Å². The van der Waals surface area contributed by atoms with Crippen LogP contribution in [0, 0.1) is 5.82 Å². The molecule has 1 N–H and O–H groups in total. The van der Waals surface area contributed by atoms with Gasteiger partial charge in [0.15, 0.2) is 0 Å². The van der Waals surface area contributed by atoms with E-state index in [-0.39, 0.29) is 29.4 Å². The van der Waals surface area contributed by atoms with Crippen LogP contribution in [-0.2, 0) is 16.1 Å². The van der Waals surface area contributed by atoms with Crippen LogP contribution in [0.2, 0.25) is 0 Å². The molecule has 1 aromatic heterocycles. The van der Waals surface area contributed by atoms with Gasteiger partial charge in [0.05, 0.1) is 12.2 Å². The summed E-state index contributed by atoms with van der Waals surface area (Å²) in [7, 11) is 0. The lowest BCUT2D eigenvalue weighted by Gasteiger charge is -2.28. The fourth-order valence-electron chi connectivity index (χ4n) is 2.91. The number of nitrogens with zero attached hydrogens (tertiary/aromatic N) is 2. The molecule has 1 aliphatic rings. The van der Waals surface area contributed by atoms with Crippen molar-refractivity contribution in [3.05, 3.63) is 65.7 Å². The van der Waals surface area contributed by atoms with Crippen molar-refractivity contribution >= 4 is 23.6 Å². The average molecular weight is 373 g/mol. The molecule has 7 heteroatoms. The Bertz CT molecular complexity index is 787. The van der Waals surface area contributed by atoms with Gasteiger partial charge in [0, 0.05) is 18.4 Å². The monoisotopic (exact) mass is 373 g/mol. The van der Waals surface area contributed by atoms with Crippen LogP contribution in [0.25, 0.3) is 0 Å². The Hall–Kier alpha value is -2.41. The second-order valence-electron chi connectivity index (χ2n) is 5.95. The van der Waals surface area contributed by atoms with E-state index in [0.717, 1.165) is 5.69 Å². The van der Waals surface area contributed by atoms with Crippen molar-refractivity contribution in [3.63, 3.8) is 0 Å². The summed E-state index contributed by atoms with van der Waals surface area (Å²) in [4.78, 5) is 30.9. The molecular weight excluding hydrogens is 353 g/mol. The van der Waals surface area contributed by atoms with Crippen LogP contribution < -0.4 is 5.32 Å². The molecule has 3 rings (SSSR count). The van der Waals surface area contributed by atoms with Crippen LogP contribution in [0.4, 0.5) is 4.39 Å². The molecule has 2 unspecified atom stereocenters. The van der Waals surface area contributed by atoms with Gasteiger partial charge in [-0.15, -0.1) is 11.8 Å². The van der Waals surface area contributed by atoms with Crippen molar-refractivity contribution in [2.24, 2.45) is 0 Å². The number of aromatic nitrogens is 1. The molecule has 26 heavy (non-hydrogen) atoms. The van der Waals surface area contributed by atoms with E-state index in [1.54, 1.807) is 30.2 Å². The fraction of sp³-hybridized carbons (Fsp3) is 0.316. The van der Waals surface area contributed by atoms with E-state index in [1.807, 2.05) is 18.2 Å². The number of thioether (sulfide) groups is 1. The SMILES string of the molecule is CCC(=O)N1C(C(=O)NCc2ccccn2)CSC1c1cccc(F)c1. The molecule has 2 amide bonds. The van der Waals surface area contributed by atoms with Gasteiger partial charge in [-0.05, 0) is 29.8 Å². The lowest BCUT2D eigenvalue weighted by Crippen LogP contribution is -2.47. The maximum atomic E-state index is 13.6. The number of carbonyl (C=O) groups is 2. The number of nitrogens with one attached hydrogen (secondary N) is 1. The lowest BCUT2D eigenvalue weighted by molar-refractivity contribution is -0.139. The van der Waals surface area contributed by atoms with E-state index in [4.69, 9.17) is 0 Å². The minimum atomic E-state index is -0.579. The predicted molar refractivity (Wildman–Crippen MR) is 98.6 cm³/mol. The Kier molecular flexibility index (Phi) is 5.88. The molecule has 2 atom stereocenters. The highest BCUT2D eigenvalue weighted by molar-refractivity contribution is 7.99. The van der Waals surface area contributed by atoms with Crippen molar-refractivity contribution in [2.45, 2.75) is 31.3 Å². The average Bonchev–Trinajstić information content (AvgIpc) is 3.11. The van der Waals surface area contributed by atoms with Crippen LogP contribution in [0.15, 0.2) is 48.7 Å². The third kappa shape index (κ3) is 4.04. The van der Waals surface area contributed by atoms with Crippen LogP contribution in [0.5, 0.6) is 0 Å². The third-order valence-corrected chi connectivity index (χ3v) is 5.52. The molecule has 1 aliphatic heterocycles. The van der Waals surface area contributed by atoms with E-state index < -0.39 is 6.04 Å². The first kappa shape index (κ1) is 18.4. The van der Waals surface area contributed by atoms with Gasteiger partial charge < -0.3 is 10.2 Å². The first-order chi connectivity index (χ1) is 12.6. The topological polar surface area (TPSA) is 62.3 Å². The zero-order valence-corrected chi connectivity index (χ0v) is 15.2. The highest BCUT2D eigenvalue weighted by atomic mass is 32.2. The molecule has 2 heterocycles. The summed E-state index contributed by atoms with van der Waals surface area (Å²) in [5, 5.41) is 2.49. The van der Waals surface area contributed by atoms with Crippen LogP contribution in [-0.4, -0.2) is 33.5 Å². The number of rotatable bonds is 5. The van der Waals surface area contributed by atoms with Gasteiger partial charge in [0.2, 0.25) is 11.8 Å². The van der Waals surface area contributed by atoms with Gasteiger partial charge in [-0.25, -0.2) is 4.39 Å². The van der Waals surface area contributed by atoms with E-state index in [1.165, 1.54) is 23.9 Å². The second-order valence-corrected chi connectivity index (χ2v) is 7.06. The smallest absolute Gasteiger partial charge is 0.244 e. The highest BCUT2D eigenvalue weighted by Crippen LogP contribution is 2.41. The van der Waals surface area contributed by atoms with Crippen LogP contribution >= 0.6 is 11.8 Å². The van der Waals surface area contributed by atoms with Gasteiger partial charge in [-0.2, -0.15) is 0 Å². The van der Waals surface area contributed by atoms with Crippen LogP contribution in [0.1, 0.15) is 30.0 Å². The molecular formula is C19H20FN3O2S. The number of pyridine rings is 1. The van der Waals surface area contributed by atoms with Gasteiger partial charge in [0.25, 0.3) is 0 Å². The maximum absolute atomic E-state index is 13.6. The van der Waals surface area contributed by atoms with E-state index in [0.29, 0.717) is 17.9 Å². The zero-order chi connectivity index (χ0) is 18.5. The van der Waals surface area contributed by atoms with E-state index >= 15 is 0 Å². The van der Waals surface area contributed by atoms with Gasteiger partial charge in [0.1, 0.15) is 17.2 Å². The summed E-state index contributed by atoms with van der Waals surface area (Å²) in [6.07, 6.45) is 1.95. The minimum Gasteiger partial charge on any atom is -0.349 e. The molecule has 0 saturated carbocycles. The molecule has 136 valence electrons. The Balaban J connectivity index is 1.75. The Morgan fingerprint density at radius 1 is 1.31 bits per heavy atom. The molecule has 2 aromatic rings. The zero-order valence-electron chi connectivity index (χ0n) is 14.4. The largest absolute Gasteiger partial charge is 0.349 e. The molecule has 5 nitrogen and oxygen atoms in total. The number of carbonyl (C=O) groups excluding carboxylic acids is 2. The van der Waals surface area contributed by atoms with E-state index in [9.17, 15) is 14.0 Å². The molecule has 0 spiro atoms.